The summed E-state index contributed by atoms with van der Waals surface area (Å²) in [6.45, 7) is 0. The van der Waals surface area contributed by atoms with Gasteiger partial charge in [0.25, 0.3) is 0 Å². The van der Waals surface area contributed by atoms with E-state index in [9.17, 15) is 0 Å². The normalized spacial score (nSPS) is 13.0. The Morgan fingerprint density at radius 2 is 1.13 bits per heavy atom. The van der Waals surface area contributed by atoms with E-state index in [0.717, 1.165) is 44.3 Å². The minimum atomic E-state index is -0.421. The van der Waals surface area contributed by atoms with E-state index in [0.29, 0.717) is 22.1 Å². The highest BCUT2D eigenvalue weighted by Crippen LogP contribution is 2.44. The summed E-state index contributed by atoms with van der Waals surface area (Å²) in [5.74, 6) is 0. The van der Waals surface area contributed by atoms with Gasteiger partial charge in [-0.2, -0.15) is 0 Å². The van der Waals surface area contributed by atoms with Crippen LogP contribution in [-0.4, -0.2) is 0 Å². The Balaban J connectivity index is 1.26. The lowest BCUT2D eigenvalue weighted by Gasteiger charge is -2.25. The molecule has 2 heteroatoms. The lowest BCUT2D eigenvalue weighted by molar-refractivity contribution is 0.673. The smallest absolute Gasteiger partial charge is 0.143 e. The third-order valence-electron chi connectivity index (χ3n) is 8.70. The highest BCUT2D eigenvalue weighted by atomic mass is 16.3. The Hall–Kier alpha value is -6.12. The minimum absolute atomic E-state index is 0.147. The van der Waals surface area contributed by atoms with Crippen molar-refractivity contribution in [3.05, 3.63) is 176 Å². The molecule has 0 bridgehead atoms. The molecule has 0 saturated heterocycles. The SMILES string of the molecule is [2H]c1c([2H])c([2H])c(-c2cc3ccccc3c3oc4ccc(N(c5ccccc5)c5ccc(-c6ccc7ccccc7c6)cc5)cc4c23)c([2H])c1[2H]. The Morgan fingerprint density at radius 1 is 0.457 bits per heavy atom. The zero-order valence-electron chi connectivity index (χ0n) is 29.7. The van der Waals surface area contributed by atoms with Gasteiger partial charge in [0.2, 0.25) is 0 Å². The number of hydrogen-bond donors (Lipinski definition) is 0. The first-order valence-corrected chi connectivity index (χ1v) is 15.3. The van der Waals surface area contributed by atoms with E-state index in [1.165, 1.54) is 10.8 Å². The molecular formula is C44H29NO. The number of fused-ring (bicyclic) bond motifs is 6. The molecule has 9 aromatic rings. The highest BCUT2D eigenvalue weighted by Gasteiger charge is 2.19. The second-order valence-corrected chi connectivity index (χ2v) is 11.4. The quantitative estimate of drug-likeness (QED) is 0.198. The third kappa shape index (κ3) is 4.43. The van der Waals surface area contributed by atoms with E-state index in [-0.39, 0.29) is 29.7 Å². The summed E-state index contributed by atoms with van der Waals surface area (Å²) in [5, 5.41) is 5.61. The first-order chi connectivity index (χ1) is 24.9. The Kier molecular flexibility index (Phi) is 5.06. The lowest BCUT2D eigenvalue weighted by Crippen LogP contribution is -2.09. The van der Waals surface area contributed by atoms with Crippen LogP contribution < -0.4 is 4.90 Å². The number of benzene rings is 8. The third-order valence-corrected chi connectivity index (χ3v) is 8.70. The summed E-state index contributed by atoms with van der Waals surface area (Å²) in [4.78, 5) is 2.19. The van der Waals surface area contributed by atoms with Crippen LogP contribution >= 0.6 is 0 Å². The number of para-hydroxylation sites is 1. The van der Waals surface area contributed by atoms with E-state index < -0.39 is 6.04 Å². The predicted octanol–water partition coefficient (Wildman–Crippen LogP) is 12.7. The monoisotopic (exact) mass is 592 g/mol. The molecule has 0 atom stereocenters. The van der Waals surface area contributed by atoms with Crippen molar-refractivity contribution in [2.24, 2.45) is 0 Å². The molecule has 9 rings (SSSR count). The first-order valence-electron chi connectivity index (χ1n) is 17.8. The number of rotatable bonds is 5. The maximum atomic E-state index is 8.86. The Bertz CT molecular complexity index is 2780. The van der Waals surface area contributed by atoms with Crippen molar-refractivity contribution in [1.29, 1.82) is 0 Å². The molecule has 8 aromatic carbocycles. The van der Waals surface area contributed by atoms with E-state index in [4.69, 9.17) is 11.3 Å². The van der Waals surface area contributed by atoms with E-state index in [1.807, 2.05) is 60.7 Å². The second-order valence-electron chi connectivity index (χ2n) is 11.4. The van der Waals surface area contributed by atoms with Crippen molar-refractivity contribution in [1.82, 2.24) is 0 Å². The van der Waals surface area contributed by atoms with E-state index in [2.05, 4.69) is 89.8 Å². The second kappa shape index (κ2) is 10.8. The van der Waals surface area contributed by atoms with E-state index in [1.54, 1.807) is 0 Å². The summed E-state index contributed by atoms with van der Waals surface area (Å²) in [5.41, 5.74) is 7.00. The fourth-order valence-corrected chi connectivity index (χ4v) is 6.52. The van der Waals surface area contributed by atoms with Crippen molar-refractivity contribution in [2.45, 2.75) is 0 Å². The number of nitrogens with zero attached hydrogens (tertiary/aromatic N) is 1. The zero-order valence-corrected chi connectivity index (χ0v) is 24.7. The van der Waals surface area contributed by atoms with Crippen LogP contribution in [-0.2, 0) is 0 Å². The molecule has 0 spiro atoms. The average molecular weight is 593 g/mol. The molecule has 2 nitrogen and oxygen atoms in total. The molecule has 0 aliphatic carbocycles. The van der Waals surface area contributed by atoms with Gasteiger partial charge >= 0.3 is 0 Å². The van der Waals surface area contributed by atoms with Crippen LogP contribution in [0.2, 0.25) is 0 Å². The van der Waals surface area contributed by atoms with Crippen LogP contribution in [0.5, 0.6) is 0 Å². The molecule has 0 aliphatic rings. The first kappa shape index (κ1) is 21.6. The molecule has 0 unspecified atom stereocenters. The van der Waals surface area contributed by atoms with Crippen LogP contribution in [0.25, 0.3) is 65.7 Å². The van der Waals surface area contributed by atoms with Gasteiger partial charge in [0.15, 0.2) is 0 Å². The molecule has 0 saturated carbocycles. The summed E-state index contributed by atoms with van der Waals surface area (Å²) in [6, 6.07) is 47.7. The van der Waals surface area contributed by atoms with Crippen molar-refractivity contribution < 1.29 is 11.3 Å². The highest BCUT2D eigenvalue weighted by molar-refractivity contribution is 6.21. The average Bonchev–Trinajstić information content (AvgIpc) is 3.56. The van der Waals surface area contributed by atoms with Gasteiger partial charge in [0, 0.05) is 33.2 Å². The molecule has 0 amide bonds. The lowest BCUT2D eigenvalue weighted by atomic mass is 9.95. The molecule has 0 radical (unpaired) electrons. The van der Waals surface area contributed by atoms with Crippen molar-refractivity contribution in [2.75, 3.05) is 4.90 Å². The van der Waals surface area contributed by atoms with Gasteiger partial charge in [-0.25, -0.2) is 0 Å². The van der Waals surface area contributed by atoms with Crippen LogP contribution in [0.4, 0.5) is 17.1 Å². The number of hydrogen-bond acceptors (Lipinski definition) is 2. The summed E-state index contributed by atoms with van der Waals surface area (Å²) < 4.78 is 49.3. The molecule has 1 aromatic heterocycles. The van der Waals surface area contributed by atoms with Crippen LogP contribution in [0.15, 0.2) is 180 Å². The fraction of sp³-hybridized carbons (Fsp3) is 0. The molecule has 216 valence electrons. The maximum absolute atomic E-state index is 8.86. The van der Waals surface area contributed by atoms with Gasteiger partial charge < -0.3 is 9.32 Å². The summed E-state index contributed by atoms with van der Waals surface area (Å²) >= 11 is 0. The number of anilines is 3. The van der Waals surface area contributed by atoms with Gasteiger partial charge in [-0.3, -0.25) is 0 Å². The van der Waals surface area contributed by atoms with Crippen molar-refractivity contribution >= 4 is 60.5 Å². The minimum Gasteiger partial charge on any atom is -0.455 e. The topological polar surface area (TPSA) is 16.4 Å². The zero-order chi connectivity index (χ0) is 34.8. The Labute approximate surface area is 274 Å². The summed E-state index contributed by atoms with van der Waals surface area (Å²) in [6.07, 6.45) is 0. The van der Waals surface area contributed by atoms with Crippen LogP contribution in [0.3, 0.4) is 0 Å². The van der Waals surface area contributed by atoms with E-state index >= 15 is 0 Å². The molecule has 0 N–H and O–H groups in total. The van der Waals surface area contributed by atoms with Gasteiger partial charge in [0.1, 0.15) is 11.2 Å². The Morgan fingerprint density at radius 3 is 1.96 bits per heavy atom. The molecule has 46 heavy (non-hydrogen) atoms. The largest absolute Gasteiger partial charge is 0.455 e. The standard InChI is InChI=1S/C44H29NO/c1-3-12-32(13-4-1)40-28-35-15-9-10-18-39(35)44-43(40)41-29-38(25-26-42(41)46-44)45(36-16-5-2-6-17-36)37-23-21-31(22-24-37)34-20-19-30-11-7-8-14-33(30)27-34/h1-29H/i1D,3D,4D,12D,13D. The van der Waals surface area contributed by atoms with Gasteiger partial charge in [-0.1, -0.05) is 121 Å². The van der Waals surface area contributed by atoms with Crippen LogP contribution in [0.1, 0.15) is 6.85 Å². The van der Waals surface area contributed by atoms with Gasteiger partial charge in [-0.05, 0) is 93.0 Å². The molecule has 0 fully saturated rings. The molecule has 0 aliphatic heterocycles. The number of furan rings is 1. The van der Waals surface area contributed by atoms with Crippen LogP contribution in [0, 0.1) is 0 Å². The van der Waals surface area contributed by atoms with Gasteiger partial charge in [-0.15, -0.1) is 0 Å². The predicted molar refractivity (Wildman–Crippen MR) is 194 cm³/mol. The maximum Gasteiger partial charge on any atom is 0.143 e. The molecule has 1 heterocycles. The van der Waals surface area contributed by atoms with Crippen molar-refractivity contribution in [3.63, 3.8) is 0 Å². The van der Waals surface area contributed by atoms with Gasteiger partial charge in [0.05, 0.1) is 6.85 Å². The van der Waals surface area contributed by atoms with Crippen molar-refractivity contribution in [3.8, 4) is 22.3 Å². The summed E-state index contributed by atoms with van der Waals surface area (Å²) in [7, 11) is 0. The fourth-order valence-electron chi connectivity index (χ4n) is 6.52. The molecular weight excluding hydrogens is 558 g/mol.